The summed E-state index contributed by atoms with van der Waals surface area (Å²) in [6.07, 6.45) is -1.04. The van der Waals surface area contributed by atoms with Crippen LogP contribution in [0.3, 0.4) is 0 Å². The summed E-state index contributed by atoms with van der Waals surface area (Å²) < 4.78 is 0. The van der Waals surface area contributed by atoms with E-state index in [1.54, 1.807) is 29.3 Å². The van der Waals surface area contributed by atoms with Crippen molar-refractivity contribution in [3.8, 4) is 0 Å². The number of non-ortho nitro benzene ring substituents is 1. The van der Waals surface area contributed by atoms with Crippen LogP contribution in [0.2, 0.25) is 5.02 Å². The summed E-state index contributed by atoms with van der Waals surface area (Å²) in [5.41, 5.74) is 2.60. The quantitative estimate of drug-likeness (QED) is 0.296. The lowest BCUT2D eigenvalue weighted by Crippen LogP contribution is -2.37. The lowest BCUT2D eigenvalue weighted by molar-refractivity contribution is -0.384. The van der Waals surface area contributed by atoms with Crippen LogP contribution in [0.5, 0.6) is 0 Å². The molecular weight excluding hydrogens is 472 g/mol. The molecule has 3 aromatic carbocycles. The van der Waals surface area contributed by atoms with Gasteiger partial charge in [0.2, 0.25) is 5.91 Å². The van der Waals surface area contributed by atoms with Gasteiger partial charge in [-0.1, -0.05) is 23.7 Å². The van der Waals surface area contributed by atoms with E-state index >= 15 is 0 Å². The number of carbonyl (C=O) groups excluding carboxylic acids is 2. The van der Waals surface area contributed by atoms with Crippen molar-refractivity contribution in [1.29, 1.82) is 0 Å². The van der Waals surface area contributed by atoms with Gasteiger partial charge in [-0.25, -0.2) is 9.96 Å². The van der Waals surface area contributed by atoms with Gasteiger partial charge in [-0.2, -0.15) is 0 Å². The van der Waals surface area contributed by atoms with Crippen molar-refractivity contribution < 1.29 is 19.3 Å². The Morgan fingerprint density at radius 1 is 0.886 bits per heavy atom. The summed E-state index contributed by atoms with van der Waals surface area (Å²) in [6.45, 7) is 0. The zero-order valence-electron chi connectivity index (χ0n) is 18.9. The summed E-state index contributed by atoms with van der Waals surface area (Å²) in [4.78, 5) is 46.6. The Bertz CT molecular complexity index is 1290. The van der Waals surface area contributed by atoms with E-state index in [0.29, 0.717) is 10.7 Å². The Morgan fingerprint density at radius 2 is 1.49 bits per heavy atom. The lowest BCUT2D eigenvalue weighted by Gasteiger charge is -2.29. The third kappa shape index (κ3) is 3.88. The molecule has 2 fully saturated rings. The van der Waals surface area contributed by atoms with Crippen LogP contribution < -0.4 is 14.9 Å². The third-order valence-corrected chi connectivity index (χ3v) is 6.52. The standard InChI is InChI=1S/C25H21ClN4O5/c1-27(2)17-7-3-15(4-8-17)22-21-23(35-29(22)19-9-5-16(26)6-10-19)25(32)28(24(21)31)18-11-13-20(14-12-18)30(33)34/h3-14,21-23H,1-2H3/t21-,22-,23+/m0/s1. The molecule has 2 heterocycles. The molecule has 2 saturated heterocycles. The number of halogens is 1. The number of nitro benzene ring substituents is 1. The number of anilines is 3. The van der Waals surface area contributed by atoms with Crippen molar-refractivity contribution in [1.82, 2.24) is 0 Å². The Labute approximate surface area is 206 Å². The lowest BCUT2D eigenvalue weighted by atomic mass is 9.90. The summed E-state index contributed by atoms with van der Waals surface area (Å²) in [7, 11) is 3.87. The number of hydrogen-bond acceptors (Lipinski definition) is 7. The van der Waals surface area contributed by atoms with Crippen LogP contribution in [0, 0.1) is 16.0 Å². The molecule has 0 radical (unpaired) electrons. The van der Waals surface area contributed by atoms with Gasteiger partial charge in [0, 0.05) is 36.9 Å². The molecule has 0 saturated carbocycles. The molecular formula is C25H21ClN4O5. The highest BCUT2D eigenvalue weighted by molar-refractivity contribution is 6.30. The van der Waals surface area contributed by atoms with E-state index in [1.165, 1.54) is 24.3 Å². The van der Waals surface area contributed by atoms with E-state index < -0.39 is 34.8 Å². The van der Waals surface area contributed by atoms with E-state index in [9.17, 15) is 19.7 Å². The number of imide groups is 1. The molecule has 2 aliphatic rings. The fourth-order valence-corrected chi connectivity index (χ4v) is 4.64. The minimum Gasteiger partial charge on any atom is -0.378 e. The summed E-state index contributed by atoms with van der Waals surface area (Å²) >= 11 is 6.06. The van der Waals surface area contributed by atoms with Crippen molar-refractivity contribution in [2.75, 3.05) is 29.0 Å². The molecule has 10 heteroatoms. The smallest absolute Gasteiger partial charge is 0.269 e. The second kappa shape index (κ2) is 8.68. The highest BCUT2D eigenvalue weighted by Crippen LogP contribution is 2.48. The molecule has 0 bridgehead atoms. The van der Waals surface area contributed by atoms with E-state index in [1.807, 2.05) is 43.3 Å². The molecule has 0 aliphatic carbocycles. The van der Waals surface area contributed by atoms with Gasteiger partial charge in [-0.3, -0.25) is 24.5 Å². The van der Waals surface area contributed by atoms with Gasteiger partial charge in [-0.15, -0.1) is 0 Å². The van der Waals surface area contributed by atoms with Crippen molar-refractivity contribution in [2.45, 2.75) is 12.1 Å². The van der Waals surface area contributed by atoms with Crippen LogP contribution in [-0.2, 0) is 14.4 Å². The van der Waals surface area contributed by atoms with Crippen molar-refractivity contribution in [3.63, 3.8) is 0 Å². The Morgan fingerprint density at radius 3 is 2.06 bits per heavy atom. The molecule has 3 aromatic rings. The highest BCUT2D eigenvalue weighted by Gasteiger charge is 2.60. The van der Waals surface area contributed by atoms with E-state index in [-0.39, 0.29) is 11.4 Å². The Kier molecular flexibility index (Phi) is 5.66. The van der Waals surface area contributed by atoms with Crippen LogP contribution in [0.25, 0.3) is 0 Å². The SMILES string of the molecule is CN(C)c1ccc([C@H]2[C@@H]3C(=O)N(c4ccc([N+](=O)[O-])cc4)C(=O)[C@@H]3ON2c2ccc(Cl)cc2)cc1. The molecule has 0 unspecified atom stereocenters. The van der Waals surface area contributed by atoms with Crippen molar-refractivity contribution >= 4 is 46.2 Å². The molecule has 0 N–H and O–H groups in total. The van der Waals surface area contributed by atoms with Crippen LogP contribution in [0.4, 0.5) is 22.7 Å². The molecule has 5 rings (SSSR count). The van der Waals surface area contributed by atoms with Crippen LogP contribution in [-0.4, -0.2) is 36.9 Å². The Hall–Kier alpha value is -3.95. The van der Waals surface area contributed by atoms with Crippen molar-refractivity contribution in [3.05, 3.63) is 93.5 Å². The van der Waals surface area contributed by atoms with Gasteiger partial charge >= 0.3 is 0 Å². The fraction of sp³-hybridized carbons (Fsp3) is 0.200. The number of hydroxylamine groups is 1. The third-order valence-electron chi connectivity index (χ3n) is 6.27. The predicted octanol–water partition coefficient (Wildman–Crippen LogP) is 4.37. The first-order valence-electron chi connectivity index (χ1n) is 10.9. The molecule has 2 aliphatic heterocycles. The number of amides is 2. The van der Waals surface area contributed by atoms with Gasteiger partial charge in [0.05, 0.1) is 22.3 Å². The number of rotatable bonds is 5. The second-order valence-corrected chi connectivity index (χ2v) is 9.01. The van der Waals surface area contributed by atoms with Crippen LogP contribution in [0.15, 0.2) is 72.8 Å². The molecule has 35 heavy (non-hydrogen) atoms. The summed E-state index contributed by atoms with van der Waals surface area (Å²) in [5, 5.41) is 13.1. The topological polar surface area (TPSA) is 96.2 Å². The zero-order chi connectivity index (χ0) is 24.9. The molecule has 9 nitrogen and oxygen atoms in total. The highest BCUT2D eigenvalue weighted by atomic mass is 35.5. The first kappa shape index (κ1) is 22.8. The minimum absolute atomic E-state index is 0.128. The maximum atomic E-state index is 13.6. The first-order valence-corrected chi connectivity index (χ1v) is 11.2. The molecule has 2 amide bonds. The number of nitrogens with zero attached hydrogens (tertiary/aromatic N) is 4. The molecule has 178 valence electrons. The maximum absolute atomic E-state index is 13.6. The summed E-state index contributed by atoms with van der Waals surface area (Å²) in [5.74, 6) is -1.74. The van der Waals surface area contributed by atoms with Crippen LogP contribution in [0.1, 0.15) is 11.6 Å². The average molecular weight is 493 g/mol. The van der Waals surface area contributed by atoms with Gasteiger partial charge < -0.3 is 4.90 Å². The number of nitro groups is 1. The largest absolute Gasteiger partial charge is 0.378 e. The van der Waals surface area contributed by atoms with Gasteiger partial charge in [0.25, 0.3) is 11.6 Å². The number of benzene rings is 3. The average Bonchev–Trinajstić information content (AvgIpc) is 3.35. The summed E-state index contributed by atoms with van der Waals surface area (Å²) in [6, 6.07) is 19.4. The van der Waals surface area contributed by atoms with E-state index in [4.69, 9.17) is 16.4 Å². The second-order valence-electron chi connectivity index (χ2n) is 8.57. The molecule has 0 aromatic heterocycles. The van der Waals surface area contributed by atoms with Gasteiger partial charge in [0.1, 0.15) is 5.92 Å². The number of hydrogen-bond donors (Lipinski definition) is 0. The fourth-order valence-electron chi connectivity index (χ4n) is 4.51. The Balaban J connectivity index is 1.54. The molecule has 3 atom stereocenters. The normalized spacial score (nSPS) is 21.4. The van der Waals surface area contributed by atoms with Gasteiger partial charge in [0.15, 0.2) is 6.10 Å². The maximum Gasteiger partial charge on any atom is 0.269 e. The number of carbonyl (C=O) groups is 2. The van der Waals surface area contributed by atoms with E-state index in [0.717, 1.165) is 16.2 Å². The van der Waals surface area contributed by atoms with E-state index in [2.05, 4.69) is 0 Å². The number of fused-ring (bicyclic) bond motifs is 1. The predicted molar refractivity (Wildman–Crippen MR) is 131 cm³/mol. The first-order chi connectivity index (χ1) is 16.8. The van der Waals surface area contributed by atoms with Crippen molar-refractivity contribution in [2.24, 2.45) is 5.92 Å². The molecule has 0 spiro atoms. The zero-order valence-corrected chi connectivity index (χ0v) is 19.6. The monoisotopic (exact) mass is 492 g/mol. The minimum atomic E-state index is -1.04. The van der Waals surface area contributed by atoms with Gasteiger partial charge in [-0.05, 0) is 54.1 Å². The van der Waals surface area contributed by atoms with Crippen LogP contribution >= 0.6 is 11.6 Å².